The summed E-state index contributed by atoms with van der Waals surface area (Å²) in [6.07, 6.45) is 14.5. The van der Waals surface area contributed by atoms with Gasteiger partial charge in [-0.2, -0.15) is 0 Å². The minimum atomic E-state index is -0.773. The highest BCUT2D eigenvalue weighted by atomic mass is 16.1. The van der Waals surface area contributed by atoms with Crippen LogP contribution in [-0.2, 0) is 10.2 Å². The number of primary amides is 1. The Morgan fingerprint density at radius 2 is 1.40 bits per heavy atom. The Morgan fingerprint density at radius 1 is 0.829 bits per heavy atom. The van der Waals surface area contributed by atoms with Crippen LogP contribution in [0.5, 0.6) is 0 Å². The fourth-order valence-corrected chi connectivity index (χ4v) is 6.18. The Labute approximate surface area is 212 Å². The number of likely N-dealkylation sites (tertiary alicyclic amines) is 1. The van der Waals surface area contributed by atoms with Gasteiger partial charge in [0, 0.05) is 12.6 Å². The van der Waals surface area contributed by atoms with E-state index in [4.69, 9.17) is 5.73 Å². The van der Waals surface area contributed by atoms with Crippen molar-refractivity contribution >= 4 is 5.91 Å². The maximum absolute atomic E-state index is 13.2. The van der Waals surface area contributed by atoms with E-state index in [-0.39, 0.29) is 11.8 Å². The smallest absolute Gasteiger partial charge is 0.232 e. The van der Waals surface area contributed by atoms with Crippen LogP contribution in [0, 0.1) is 5.92 Å². The van der Waals surface area contributed by atoms with Crippen molar-refractivity contribution in [3.63, 3.8) is 0 Å². The van der Waals surface area contributed by atoms with E-state index in [2.05, 4.69) is 34.5 Å². The summed E-state index contributed by atoms with van der Waals surface area (Å²) in [6, 6.07) is 21.2. The molecule has 0 bridgehead atoms. The van der Waals surface area contributed by atoms with Gasteiger partial charge in [0.2, 0.25) is 5.91 Å². The molecular weight excluding hydrogens is 430 g/mol. The number of hydrogen-bond donors (Lipinski definition) is 2. The first-order valence-corrected chi connectivity index (χ1v) is 14.1. The minimum Gasteiger partial charge on any atom is -0.369 e. The van der Waals surface area contributed by atoms with Crippen molar-refractivity contribution in [3.8, 4) is 0 Å². The molecule has 1 saturated carbocycles. The van der Waals surface area contributed by atoms with E-state index >= 15 is 0 Å². The average Bonchev–Trinajstić information content (AvgIpc) is 3.32. The lowest BCUT2D eigenvalue weighted by Crippen LogP contribution is -2.49. The Bertz CT molecular complexity index is 841. The summed E-state index contributed by atoms with van der Waals surface area (Å²) < 4.78 is 0. The maximum atomic E-state index is 13.2. The van der Waals surface area contributed by atoms with Gasteiger partial charge in [-0.1, -0.05) is 99.2 Å². The topological polar surface area (TPSA) is 58.4 Å². The zero-order valence-corrected chi connectivity index (χ0v) is 21.5. The molecule has 0 aromatic heterocycles. The minimum absolute atomic E-state index is 0.193. The molecule has 1 atom stereocenters. The number of rotatable bonds is 15. The van der Waals surface area contributed by atoms with E-state index in [1.165, 1.54) is 70.8 Å². The summed E-state index contributed by atoms with van der Waals surface area (Å²) in [5.74, 6) is -0.0389. The zero-order valence-electron chi connectivity index (χ0n) is 21.5. The fourth-order valence-electron chi connectivity index (χ4n) is 6.18. The van der Waals surface area contributed by atoms with Crippen LogP contribution in [0.1, 0.15) is 81.8 Å². The standard InChI is InChI=1S/C31H45N3O/c32-30(35)31(26-15-8-6-9-16-26,27-17-10-7-11-18-27)28-21-24-34(25-28)23-13-5-3-1-2-4-12-22-33-29-19-14-20-29/h6-11,15-18,28-29,33H,1-5,12-14,19-25H2,(H2,32,35)/t28-/m1/s1. The second-order valence-corrected chi connectivity index (χ2v) is 10.7. The largest absolute Gasteiger partial charge is 0.369 e. The monoisotopic (exact) mass is 475 g/mol. The van der Waals surface area contributed by atoms with Crippen LogP contribution < -0.4 is 11.1 Å². The van der Waals surface area contributed by atoms with E-state index in [1.807, 2.05) is 36.4 Å². The number of nitrogens with two attached hydrogens (primary N) is 1. The van der Waals surface area contributed by atoms with Crippen LogP contribution in [0.2, 0.25) is 0 Å². The van der Waals surface area contributed by atoms with Crippen LogP contribution >= 0.6 is 0 Å². The summed E-state index contributed by atoms with van der Waals surface area (Å²) in [5, 5.41) is 3.67. The highest BCUT2D eigenvalue weighted by Gasteiger charge is 2.49. The third kappa shape index (κ3) is 6.54. The highest BCUT2D eigenvalue weighted by Crippen LogP contribution is 2.43. The van der Waals surface area contributed by atoms with Crippen molar-refractivity contribution in [2.75, 3.05) is 26.2 Å². The average molecular weight is 476 g/mol. The Hall–Kier alpha value is -2.17. The van der Waals surface area contributed by atoms with Crippen molar-refractivity contribution in [3.05, 3.63) is 71.8 Å². The van der Waals surface area contributed by atoms with Gasteiger partial charge in [-0.15, -0.1) is 0 Å². The third-order valence-electron chi connectivity index (χ3n) is 8.42. The number of carbonyl (C=O) groups is 1. The second kappa shape index (κ2) is 13.2. The van der Waals surface area contributed by atoms with Crippen LogP contribution in [0.4, 0.5) is 0 Å². The molecule has 1 aliphatic heterocycles. The quantitative estimate of drug-likeness (QED) is 0.327. The summed E-state index contributed by atoms with van der Waals surface area (Å²) in [7, 11) is 0. The molecular formula is C31H45N3O. The molecule has 2 aromatic carbocycles. The van der Waals surface area contributed by atoms with Gasteiger partial charge in [0.25, 0.3) is 0 Å². The van der Waals surface area contributed by atoms with Crippen LogP contribution in [0.15, 0.2) is 60.7 Å². The SMILES string of the molecule is NC(=O)C(c1ccccc1)(c1ccccc1)[C@@H]1CCN(CCCCCCCCCNC2CCC2)C1. The Balaban J connectivity index is 1.23. The number of carbonyl (C=O) groups excluding carboxylic acids is 1. The van der Waals surface area contributed by atoms with Gasteiger partial charge >= 0.3 is 0 Å². The predicted octanol–water partition coefficient (Wildman–Crippen LogP) is 5.65. The number of unbranched alkanes of at least 4 members (excludes halogenated alkanes) is 6. The van der Waals surface area contributed by atoms with E-state index in [0.717, 1.165) is 43.2 Å². The van der Waals surface area contributed by atoms with Gasteiger partial charge in [-0.25, -0.2) is 0 Å². The van der Waals surface area contributed by atoms with Crippen molar-refractivity contribution in [2.45, 2.75) is 82.1 Å². The summed E-state index contributed by atoms with van der Waals surface area (Å²) in [6.45, 7) is 4.31. The lowest BCUT2D eigenvalue weighted by molar-refractivity contribution is -0.123. The van der Waals surface area contributed by atoms with Crippen molar-refractivity contribution in [2.24, 2.45) is 11.7 Å². The van der Waals surface area contributed by atoms with Gasteiger partial charge in [0.1, 0.15) is 5.41 Å². The molecule has 0 radical (unpaired) electrons. The first kappa shape index (κ1) is 25.9. The molecule has 4 heteroatoms. The van der Waals surface area contributed by atoms with Crippen molar-refractivity contribution < 1.29 is 4.79 Å². The number of benzene rings is 2. The van der Waals surface area contributed by atoms with Crippen LogP contribution in [0.25, 0.3) is 0 Å². The van der Waals surface area contributed by atoms with Crippen molar-refractivity contribution in [1.82, 2.24) is 10.2 Å². The van der Waals surface area contributed by atoms with E-state index < -0.39 is 5.41 Å². The molecule has 4 nitrogen and oxygen atoms in total. The van der Waals surface area contributed by atoms with Gasteiger partial charge in [-0.3, -0.25) is 4.79 Å². The summed E-state index contributed by atoms with van der Waals surface area (Å²) in [4.78, 5) is 15.7. The number of nitrogens with zero attached hydrogens (tertiary/aromatic N) is 1. The molecule has 3 N–H and O–H groups in total. The number of hydrogen-bond acceptors (Lipinski definition) is 3. The van der Waals surface area contributed by atoms with Gasteiger partial charge in [0.05, 0.1) is 0 Å². The highest BCUT2D eigenvalue weighted by molar-refractivity contribution is 5.91. The molecule has 4 rings (SSSR count). The van der Waals surface area contributed by atoms with E-state index in [9.17, 15) is 4.79 Å². The summed E-state index contributed by atoms with van der Waals surface area (Å²) in [5.41, 5.74) is 7.49. The normalized spacial score (nSPS) is 19.0. The van der Waals surface area contributed by atoms with Gasteiger partial charge in [-0.05, 0) is 68.8 Å². The van der Waals surface area contributed by atoms with E-state index in [0.29, 0.717) is 0 Å². The second-order valence-electron chi connectivity index (χ2n) is 10.7. The molecule has 1 amide bonds. The lowest BCUT2D eigenvalue weighted by Gasteiger charge is -2.37. The van der Waals surface area contributed by atoms with Gasteiger partial charge in [0.15, 0.2) is 0 Å². The van der Waals surface area contributed by atoms with Crippen LogP contribution in [-0.4, -0.2) is 43.0 Å². The predicted molar refractivity (Wildman–Crippen MR) is 145 cm³/mol. The molecule has 1 heterocycles. The zero-order chi connectivity index (χ0) is 24.3. The first-order valence-electron chi connectivity index (χ1n) is 14.1. The Kier molecular flexibility index (Phi) is 9.79. The van der Waals surface area contributed by atoms with Crippen LogP contribution in [0.3, 0.4) is 0 Å². The molecule has 2 fully saturated rings. The maximum Gasteiger partial charge on any atom is 0.232 e. The molecule has 35 heavy (non-hydrogen) atoms. The molecule has 1 saturated heterocycles. The van der Waals surface area contributed by atoms with Crippen molar-refractivity contribution in [1.29, 1.82) is 0 Å². The molecule has 0 spiro atoms. The molecule has 190 valence electrons. The molecule has 1 aliphatic carbocycles. The fraction of sp³-hybridized carbons (Fsp3) is 0.581. The van der Waals surface area contributed by atoms with E-state index in [1.54, 1.807) is 0 Å². The summed E-state index contributed by atoms with van der Waals surface area (Å²) >= 11 is 0. The molecule has 2 aromatic rings. The third-order valence-corrected chi connectivity index (χ3v) is 8.42. The molecule has 2 aliphatic rings. The Morgan fingerprint density at radius 3 is 1.94 bits per heavy atom. The number of amides is 1. The molecule has 0 unspecified atom stereocenters. The number of nitrogens with one attached hydrogen (secondary N) is 1. The first-order chi connectivity index (χ1) is 17.2. The van der Waals surface area contributed by atoms with Gasteiger partial charge < -0.3 is 16.0 Å². The lowest BCUT2D eigenvalue weighted by atomic mass is 9.64.